The normalized spacial score (nSPS) is 11.0. The van der Waals surface area contributed by atoms with Crippen LogP contribution in [0.4, 0.5) is 0 Å². The van der Waals surface area contributed by atoms with Gasteiger partial charge in [-0.05, 0) is 53.7 Å². The highest BCUT2D eigenvalue weighted by atomic mass is 35.5. The number of hydrogen-bond donors (Lipinski definition) is 1. The number of carboxylic acid groups (broad SMARTS) is 1. The molecule has 152 valence electrons. The molecule has 7 heteroatoms. The lowest BCUT2D eigenvalue weighted by molar-refractivity contribution is 0.0691. The number of fused-ring (bicyclic) bond motifs is 1. The number of aromatic nitrogens is 2. The number of benzene rings is 3. The van der Waals surface area contributed by atoms with E-state index in [2.05, 4.69) is 13.8 Å². The van der Waals surface area contributed by atoms with Crippen molar-refractivity contribution in [2.75, 3.05) is 0 Å². The third-order valence-electron chi connectivity index (χ3n) is 4.86. The van der Waals surface area contributed by atoms with Gasteiger partial charge in [0.2, 0.25) is 0 Å². The van der Waals surface area contributed by atoms with Crippen molar-refractivity contribution in [2.24, 2.45) is 0 Å². The van der Waals surface area contributed by atoms with Gasteiger partial charge >= 0.3 is 5.97 Å². The van der Waals surface area contributed by atoms with Crippen molar-refractivity contribution in [3.05, 3.63) is 88.2 Å². The Hall–Kier alpha value is -2.88. The van der Waals surface area contributed by atoms with Crippen molar-refractivity contribution in [3.63, 3.8) is 0 Å². The maximum Gasteiger partial charge on any atom is 0.339 e. The van der Waals surface area contributed by atoms with Gasteiger partial charge in [0, 0.05) is 5.02 Å². The molecule has 0 fully saturated rings. The van der Waals surface area contributed by atoms with Gasteiger partial charge in [-0.25, -0.2) is 9.78 Å². The molecule has 5 nitrogen and oxygen atoms in total. The maximum absolute atomic E-state index is 11.5. The maximum atomic E-state index is 11.5. The van der Waals surface area contributed by atoms with E-state index in [4.69, 9.17) is 21.3 Å². The van der Waals surface area contributed by atoms with E-state index in [9.17, 15) is 9.90 Å². The molecular weight excluding hydrogens is 419 g/mol. The molecule has 30 heavy (non-hydrogen) atoms. The van der Waals surface area contributed by atoms with Gasteiger partial charge in [-0.15, -0.1) is 9.24 Å². The fourth-order valence-electron chi connectivity index (χ4n) is 3.35. The predicted octanol–water partition coefficient (Wildman–Crippen LogP) is 4.82. The number of hydrogen-bond acceptors (Lipinski definition) is 3. The summed E-state index contributed by atoms with van der Waals surface area (Å²) in [5, 5.41) is 11.1. The molecule has 1 heterocycles. The van der Waals surface area contributed by atoms with Gasteiger partial charge in [0.1, 0.15) is 23.7 Å². The van der Waals surface area contributed by atoms with Gasteiger partial charge in [-0.3, -0.25) is 0 Å². The van der Waals surface area contributed by atoms with Crippen LogP contribution >= 0.6 is 20.8 Å². The number of aromatic carboxylic acids is 1. The molecule has 0 bridgehead atoms. The van der Waals surface area contributed by atoms with Gasteiger partial charge < -0.3 is 14.4 Å². The molecule has 0 saturated carbocycles. The lowest BCUT2D eigenvalue weighted by atomic mass is 10.2. The smallest absolute Gasteiger partial charge is 0.339 e. The molecule has 0 spiro atoms. The Balaban J connectivity index is 1.72. The van der Waals surface area contributed by atoms with E-state index in [1.807, 2.05) is 43.3 Å². The van der Waals surface area contributed by atoms with Gasteiger partial charge in [0.25, 0.3) is 0 Å². The minimum Gasteiger partial charge on any atom is -0.485 e. The van der Waals surface area contributed by atoms with Crippen LogP contribution < -0.4 is 10.0 Å². The number of carbonyl (C=O) groups is 1. The second-order valence-electron chi connectivity index (χ2n) is 7.05. The Kier molecular flexibility index (Phi) is 5.76. The summed E-state index contributed by atoms with van der Waals surface area (Å²) in [6, 6.07) is 18.6. The molecule has 0 aliphatic heterocycles. The quantitative estimate of drug-likeness (QED) is 0.438. The summed E-state index contributed by atoms with van der Waals surface area (Å²) in [5.74, 6) is -0.0222. The largest absolute Gasteiger partial charge is 0.485 e. The molecule has 4 aromatic rings. The predicted molar refractivity (Wildman–Crippen MR) is 122 cm³/mol. The summed E-state index contributed by atoms with van der Waals surface area (Å²) >= 11 is 6.46. The number of ether oxygens (including phenoxy) is 1. The molecule has 1 N–H and O–H groups in total. The summed E-state index contributed by atoms with van der Waals surface area (Å²) in [6.07, 6.45) is 0. The van der Waals surface area contributed by atoms with Crippen molar-refractivity contribution in [1.29, 1.82) is 0 Å². The number of rotatable bonds is 6. The van der Waals surface area contributed by atoms with E-state index in [1.54, 1.807) is 18.2 Å². The number of nitrogens with zero attached hydrogens (tertiary/aromatic N) is 2. The van der Waals surface area contributed by atoms with Gasteiger partial charge in [0.15, 0.2) is 0 Å². The molecule has 3 aromatic carbocycles. The Morgan fingerprint density at radius 3 is 2.73 bits per heavy atom. The van der Waals surface area contributed by atoms with Crippen molar-refractivity contribution in [1.82, 2.24) is 9.55 Å². The standard InChI is InChI=1S/C23H20ClN2O3P/c1-14-6-9-20-19(10-14)25-22(13-29-21-5-3-2-4-17(21)23(27)28)26(20)12-15-7-8-16(30)11-18(15)24/h2-11H,12-13,30H2,1H3,(H,27,28). The number of imidazole rings is 1. The van der Waals surface area contributed by atoms with E-state index >= 15 is 0 Å². The fourth-order valence-corrected chi connectivity index (χ4v) is 3.97. The minimum atomic E-state index is -1.03. The van der Waals surface area contributed by atoms with Crippen molar-refractivity contribution in [3.8, 4) is 5.75 Å². The monoisotopic (exact) mass is 438 g/mol. The lowest BCUT2D eigenvalue weighted by Crippen LogP contribution is -2.10. The van der Waals surface area contributed by atoms with Crippen molar-refractivity contribution >= 4 is 43.1 Å². The molecule has 1 atom stereocenters. The highest BCUT2D eigenvalue weighted by molar-refractivity contribution is 7.27. The van der Waals surface area contributed by atoms with E-state index in [-0.39, 0.29) is 12.2 Å². The molecule has 0 aliphatic rings. The number of para-hydroxylation sites is 1. The number of carboxylic acids is 1. The van der Waals surface area contributed by atoms with E-state index in [1.165, 1.54) is 6.07 Å². The van der Waals surface area contributed by atoms with E-state index in [0.29, 0.717) is 23.1 Å². The second-order valence-corrected chi connectivity index (χ2v) is 8.12. The first kappa shape index (κ1) is 20.4. The van der Waals surface area contributed by atoms with E-state index < -0.39 is 5.97 Å². The molecule has 0 aliphatic carbocycles. The van der Waals surface area contributed by atoms with Crippen molar-refractivity contribution < 1.29 is 14.6 Å². The van der Waals surface area contributed by atoms with Crippen LogP contribution in [-0.2, 0) is 13.2 Å². The summed E-state index contributed by atoms with van der Waals surface area (Å²) < 4.78 is 7.93. The van der Waals surface area contributed by atoms with Gasteiger partial charge in [0.05, 0.1) is 17.6 Å². The molecule has 4 rings (SSSR count). The molecule has 0 amide bonds. The van der Waals surface area contributed by atoms with Crippen LogP contribution in [0.15, 0.2) is 60.7 Å². The van der Waals surface area contributed by atoms with Crippen LogP contribution in [0.2, 0.25) is 5.02 Å². The zero-order valence-corrected chi connectivity index (χ0v) is 18.2. The summed E-state index contributed by atoms with van der Waals surface area (Å²) in [6.45, 7) is 2.69. The Morgan fingerprint density at radius 1 is 1.17 bits per heavy atom. The third kappa shape index (κ3) is 4.18. The molecule has 1 aromatic heterocycles. The lowest BCUT2D eigenvalue weighted by Gasteiger charge is -2.13. The fraction of sp³-hybridized carbons (Fsp3) is 0.130. The van der Waals surface area contributed by atoms with Crippen molar-refractivity contribution in [2.45, 2.75) is 20.1 Å². The van der Waals surface area contributed by atoms with Crippen LogP contribution in [0.25, 0.3) is 11.0 Å². The van der Waals surface area contributed by atoms with Crippen LogP contribution in [0.1, 0.15) is 27.3 Å². The SMILES string of the molecule is Cc1ccc2c(c1)nc(COc1ccccc1C(=O)O)n2Cc1ccc(P)cc1Cl. The summed E-state index contributed by atoms with van der Waals surface area (Å²) in [5.41, 5.74) is 4.03. The Morgan fingerprint density at radius 2 is 1.97 bits per heavy atom. The molecule has 0 radical (unpaired) electrons. The third-order valence-corrected chi connectivity index (χ3v) is 5.57. The summed E-state index contributed by atoms with van der Waals surface area (Å²) in [7, 11) is 2.64. The number of aryl methyl sites for hydroxylation is 1. The highest BCUT2D eigenvalue weighted by Gasteiger charge is 2.16. The zero-order chi connectivity index (χ0) is 21.3. The Bertz CT molecular complexity index is 1250. The highest BCUT2D eigenvalue weighted by Crippen LogP contribution is 2.25. The van der Waals surface area contributed by atoms with Crippen LogP contribution in [0, 0.1) is 6.92 Å². The average Bonchev–Trinajstić information content (AvgIpc) is 3.05. The molecular formula is C23H20ClN2O3P. The zero-order valence-electron chi connectivity index (χ0n) is 16.3. The average molecular weight is 439 g/mol. The van der Waals surface area contributed by atoms with Crippen LogP contribution in [-0.4, -0.2) is 20.6 Å². The first-order valence-electron chi connectivity index (χ1n) is 9.37. The molecule has 0 saturated heterocycles. The van der Waals surface area contributed by atoms with Crippen LogP contribution in [0.5, 0.6) is 5.75 Å². The summed E-state index contributed by atoms with van der Waals surface area (Å²) in [4.78, 5) is 16.2. The topological polar surface area (TPSA) is 64.3 Å². The number of halogens is 1. The second kappa shape index (κ2) is 8.47. The Labute approximate surface area is 181 Å². The van der Waals surface area contributed by atoms with E-state index in [0.717, 1.165) is 27.5 Å². The molecule has 1 unspecified atom stereocenters. The first-order chi connectivity index (χ1) is 14.4. The van der Waals surface area contributed by atoms with Gasteiger partial charge in [-0.1, -0.05) is 41.9 Å². The van der Waals surface area contributed by atoms with Crippen LogP contribution in [0.3, 0.4) is 0 Å². The first-order valence-corrected chi connectivity index (χ1v) is 10.3. The minimum absolute atomic E-state index is 0.120. The van der Waals surface area contributed by atoms with Gasteiger partial charge in [-0.2, -0.15) is 0 Å².